The second kappa shape index (κ2) is 6.64. The van der Waals surface area contributed by atoms with Crippen LogP contribution in [0.4, 0.5) is 0 Å². The van der Waals surface area contributed by atoms with Gasteiger partial charge in [0.2, 0.25) is 0 Å². The third-order valence-corrected chi connectivity index (χ3v) is 5.28. The Morgan fingerprint density at radius 3 is 2.95 bits per heavy atom. The van der Waals surface area contributed by atoms with Crippen LogP contribution in [0.15, 0.2) is 35.3 Å². The molecular weight excluding hydrogens is 266 g/mol. The fourth-order valence-electron chi connectivity index (χ4n) is 2.94. The van der Waals surface area contributed by atoms with E-state index in [9.17, 15) is 0 Å². The number of nitrogens with one attached hydrogen (secondary N) is 1. The van der Waals surface area contributed by atoms with Gasteiger partial charge in [0.05, 0.1) is 6.54 Å². The van der Waals surface area contributed by atoms with Crippen molar-refractivity contribution in [2.45, 2.75) is 31.3 Å². The van der Waals surface area contributed by atoms with Crippen LogP contribution in [-0.2, 0) is 6.42 Å². The van der Waals surface area contributed by atoms with Gasteiger partial charge in [-0.05, 0) is 38.4 Å². The number of thioether (sulfide) groups is 1. The van der Waals surface area contributed by atoms with E-state index in [1.54, 1.807) is 0 Å². The van der Waals surface area contributed by atoms with Crippen molar-refractivity contribution in [3.8, 4) is 0 Å². The van der Waals surface area contributed by atoms with Crippen LogP contribution >= 0.6 is 11.8 Å². The molecule has 20 heavy (non-hydrogen) atoms. The first-order valence-corrected chi connectivity index (χ1v) is 8.48. The van der Waals surface area contributed by atoms with Crippen LogP contribution in [0.2, 0.25) is 0 Å². The van der Waals surface area contributed by atoms with Crippen molar-refractivity contribution in [1.82, 2.24) is 10.2 Å². The largest absolute Gasteiger partial charge is 0.361 e. The van der Waals surface area contributed by atoms with Crippen molar-refractivity contribution < 1.29 is 0 Å². The maximum Gasteiger partial charge on any atom is 0.156 e. The highest BCUT2D eigenvalue weighted by atomic mass is 32.2. The van der Waals surface area contributed by atoms with Crippen molar-refractivity contribution >= 4 is 16.9 Å². The zero-order valence-corrected chi connectivity index (χ0v) is 12.9. The summed E-state index contributed by atoms with van der Waals surface area (Å²) < 4.78 is 0. The summed E-state index contributed by atoms with van der Waals surface area (Å²) in [5, 5.41) is 4.72. The number of likely N-dealkylation sites (tertiary alicyclic amines) is 1. The second-order valence-corrected chi connectivity index (χ2v) is 6.77. The van der Waals surface area contributed by atoms with Gasteiger partial charge < -0.3 is 10.2 Å². The monoisotopic (exact) mass is 289 g/mol. The predicted octanol–water partition coefficient (Wildman–Crippen LogP) is 2.38. The Kier molecular flexibility index (Phi) is 4.63. The molecular formula is C16H23N3S. The molecule has 0 amide bonds. The SMILES string of the molecule is CN1CCCC1CN=C1NC(Cc2ccccc2)CS1. The van der Waals surface area contributed by atoms with Crippen molar-refractivity contribution in [3.05, 3.63) is 35.9 Å². The molecule has 1 aromatic carbocycles. The standard InChI is InChI=1S/C16H23N3S/c1-19-9-5-8-15(19)11-17-16-18-14(12-20-16)10-13-6-3-2-4-7-13/h2-4,6-7,14-15H,5,8-12H2,1H3,(H,17,18). The average Bonchev–Trinajstić information content (AvgIpc) is 3.07. The van der Waals surface area contributed by atoms with Crippen LogP contribution in [0.1, 0.15) is 18.4 Å². The fourth-order valence-corrected chi connectivity index (χ4v) is 3.91. The van der Waals surface area contributed by atoms with Gasteiger partial charge in [-0.2, -0.15) is 0 Å². The Morgan fingerprint density at radius 1 is 1.35 bits per heavy atom. The van der Waals surface area contributed by atoms with Crippen LogP contribution in [0, 0.1) is 0 Å². The zero-order chi connectivity index (χ0) is 13.8. The van der Waals surface area contributed by atoms with Crippen LogP contribution in [0.3, 0.4) is 0 Å². The summed E-state index contributed by atoms with van der Waals surface area (Å²) in [6.07, 6.45) is 3.71. The molecule has 2 fully saturated rings. The molecule has 108 valence electrons. The summed E-state index contributed by atoms with van der Waals surface area (Å²) in [7, 11) is 2.21. The lowest BCUT2D eigenvalue weighted by Crippen LogP contribution is -2.31. The molecule has 2 heterocycles. The van der Waals surface area contributed by atoms with Crippen molar-refractivity contribution in [2.24, 2.45) is 4.99 Å². The maximum absolute atomic E-state index is 4.77. The van der Waals surface area contributed by atoms with E-state index in [1.165, 1.54) is 24.9 Å². The van der Waals surface area contributed by atoms with Crippen LogP contribution in [0.25, 0.3) is 0 Å². The van der Waals surface area contributed by atoms with Gasteiger partial charge in [-0.1, -0.05) is 42.1 Å². The molecule has 2 atom stereocenters. The first kappa shape index (κ1) is 14.0. The van der Waals surface area contributed by atoms with Crippen LogP contribution < -0.4 is 5.32 Å². The van der Waals surface area contributed by atoms with Gasteiger partial charge in [0, 0.05) is 17.8 Å². The lowest BCUT2D eigenvalue weighted by atomic mass is 10.1. The number of benzene rings is 1. The maximum atomic E-state index is 4.77. The minimum absolute atomic E-state index is 0.530. The van der Waals surface area contributed by atoms with E-state index < -0.39 is 0 Å². The summed E-state index contributed by atoms with van der Waals surface area (Å²) in [6.45, 7) is 2.18. The smallest absolute Gasteiger partial charge is 0.156 e. The van der Waals surface area contributed by atoms with E-state index in [2.05, 4.69) is 47.6 Å². The highest BCUT2D eigenvalue weighted by Gasteiger charge is 2.23. The molecule has 0 bridgehead atoms. The molecule has 1 aromatic rings. The summed E-state index contributed by atoms with van der Waals surface area (Å²) in [6, 6.07) is 11.9. The topological polar surface area (TPSA) is 27.6 Å². The van der Waals surface area contributed by atoms with E-state index in [0.717, 1.165) is 23.9 Å². The molecule has 0 saturated carbocycles. The number of hydrogen-bond acceptors (Lipinski definition) is 3. The van der Waals surface area contributed by atoms with Gasteiger partial charge in [-0.25, -0.2) is 0 Å². The molecule has 0 spiro atoms. The molecule has 3 nitrogen and oxygen atoms in total. The Labute approximate surface area is 125 Å². The van der Waals surface area contributed by atoms with Gasteiger partial charge in [-0.3, -0.25) is 4.99 Å². The Balaban J connectivity index is 1.49. The van der Waals surface area contributed by atoms with E-state index in [-0.39, 0.29) is 0 Å². The predicted molar refractivity (Wildman–Crippen MR) is 87.5 cm³/mol. The summed E-state index contributed by atoms with van der Waals surface area (Å²) >= 11 is 1.87. The minimum Gasteiger partial charge on any atom is -0.361 e. The number of rotatable bonds is 4. The molecule has 2 unspecified atom stereocenters. The third kappa shape index (κ3) is 3.55. The quantitative estimate of drug-likeness (QED) is 0.922. The molecule has 0 aliphatic carbocycles. The zero-order valence-electron chi connectivity index (χ0n) is 12.1. The number of hydrogen-bond donors (Lipinski definition) is 1. The van der Waals surface area contributed by atoms with Gasteiger partial charge >= 0.3 is 0 Å². The van der Waals surface area contributed by atoms with Crippen LogP contribution in [-0.4, -0.2) is 48.0 Å². The summed E-state index contributed by atoms with van der Waals surface area (Å²) in [5.41, 5.74) is 1.40. The van der Waals surface area contributed by atoms with Gasteiger partial charge in [0.15, 0.2) is 5.17 Å². The second-order valence-electron chi connectivity index (χ2n) is 5.76. The highest BCUT2D eigenvalue weighted by Crippen LogP contribution is 2.19. The first-order chi connectivity index (χ1) is 9.81. The number of amidine groups is 1. The first-order valence-electron chi connectivity index (χ1n) is 7.49. The van der Waals surface area contributed by atoms with Crippen LogP contribution in [0.5, 0.6) is 0 Å². The highest BCUT2D eigenvalue weighted by molar-refractivity contribution is 8.14. The third-order valence-electron chi connectivity index (χ3n) is 4.19. The van der Waals surface area contributed by atoms with E-state index >= 15 is 0 Å². The minimum atomic E-state index is 0.530. The molecule has 0 radical (unpaired) electrons. The lowest BCUT2D eigenvalue weighted by molar-refractivity contribution is 0.317. The molecule has 2 aliphatic heterocycles. The molecule has 1 N–H and O–H groups in total. The summed E-state index contributed by atoms with van der Waals surface area (Å²) in [5.74, 6) is 1.13. The lowest BCUT2D eigenvalue weighted by Gasteiger charge is -2.17. The van der Waals surface area contributed by atoms with Crippen molar-refractivity contribution in [1.29, 1.82) is 0 Å². The number of nitrogens with zero attached hydrogens (tertiary/aromatic N) is 2. The normalized spacial score (nSPS) is 28.9. The average molecular weight is 289 g/mol. The Hall–Kier alpha value is -1.00. The number of likely N-dealkylation sites (N-methyl/N-ethyl adjacent to an activating group) is 1. The van der Waals surface area contributed by atoms with Crippen molar-refractivity contribution in [2.75, 3.05) is 25.9 Å². The molecule has 0 aromatic heterocycles. The van der Waals surface area contributed by atoms with Gasteiger partial charge in [-0.15, -0.1) is 0 Å². The van der Waals surface area contributed by atoms with Crippen molar-refractivity contribution in [3.63, 3.8) is 0 Å². The Morgan fingerprint density at radius 2 is 2.20 bits per heavy atom. The van der Waals surface area contributed by atoms with E-state index in [0.29, 0.717) is 12.1 Å². The van der Waals surface area contributed by atoms with Gasteiger partial charge in [0.25, 0.3) is 0 Å². The van der Waals surface area contributed by atoms with Gasteiger partial charge in [0.1, 0.15) is 0 Å². The number of aliphatic imine (C=N–C) groups is 1. The molecule has 2 aliphatic rings. The molecule has 4 heteroatoms. The summed E-state index contributed by atoms with van der Waals surface area (Å²) in [4.78, 5) is 7.21. The molecule has 3 rings (SSSR count). The Bertz CT molecular complexity index is 460. The van der Waals surface area contributed by atoms with E-state index in [1.807, 2.05) is 11.8 Å². The fraction of sp³-hybridized carbons (Fsp3) is 0.562. The van der Waals surface area contributed by atoms with E-state index in [4.69, 9.17) is 4.99 Å². The molecule has 2 saturated heterocycles.